The largest absolute Gasteiger partial charge is 0.465 e. The highest BCUT2D eigenvalue weighted by molar-refractivity contribution is 5.91. The minimum Gasteiger partial charge on any atom is -0.465 e. The molecule has 8 heteroatoms. The van der Waals surface area contributed by atoms with Gasteiger partial charge < -0.3 is 19.1 Å². The number of carbonyl (C=O) groups is 3. The number of para-hydroxylation sites is 1. The molecule has 0 amide bonds. The van der Waals surface area contributed by atoms with Crippen molar-refractivity contribution >= 4 is 23.6 Å². The Morgan fingerprint density at radius 3 is 2.40 bits per heavy atom. The molecule has 1 saturated heterocycles. The second-order valence-corrected chi connectivity index (χ2v) is 13.1. The SMILES string of the molecule is C=C1CCC2[C@](C)(COC(C)=O)[C@H](OC(C)=O)CC[C@@]2(C)[C@@H]1CC(C1=CCOC1=O)N1CCN(c2ccccc2)CC1. The van der Waals surface area contributed by atoms with E-state index in [1.54, 1.807) is 0 Å². The van der Waals surface area contributed by atoms with Crippen LogP contribution in [0.1, 0.15) is 59.8 Å². The van der Waals surface area contributed by atoms with Gasteiger partial charge in [-0.15, -0.1) is 0 Å². The molecule has 5 rings (SSSR count). The third kappa shape index (κ3) is 5.87. The molecular weight excluding hydrogens is 532 g/mol. The normalized spacial score (nSPS) is 32.4. The summed E-state index contributed by atoms with van der Waals surface area (Å²) >= 11 is 0. The molecule has 1 aromatic rings. The molecule has 228 valence electrons. The summed E-state index contributed by atoms with van der Waals surface area (Å²) in [6.07, 6.45) is 5.72. The highest BCUT2D eigenvalue weighted by Gasteiger charge is 2.60. The third-order valence-corrected chi connectivity index (χ3v) is 10.7. The lowest BCUT2D eigenvalue weighted by Crippen LogP contribution is -2.59. The Kier molecular flexibility index (Phi) is 8.83. The maximum absolute atomic E-state index is 13.0. The van der Waals surface area contributed by atoms with Crippen LogP contribution in [0, 0.1) is 22.7 Å². The minimum atomic E-state index is -0.522. The van der Waals surface area contributed by atoms with Gasteiger partial charge in [0.15, 0.2) is 0 Å². The van der Waals surface area contributed by atoms with Crippen LogP contribution in [-0.4, -0.2) is 74.3 Å². The zero-order valence-electron chi connectivity index (χ0n) is 25.6. The van der Waals surface area contributed by atoms with E-state index in [0.717, 1.165) is 57.4 Å². The van der Waals surface area contributed by atoms with E-state index in [2.05, 4.69) is 54.5 Å². The molecule has 0 N–H and O–H groups in total. The molecule has 1 aromatic carbocycles. The summed E-state index contributed by atoms with van der Waals surface area (Å²) in [7, 11) is 0. The molecule has 4 aliphatic rings. The van der Waals surface area contributed by atoms with Crippen LogP contribution in [-0.2, 0) is 28.6 Å². The molecule has 2 unspecified atom stereocenters. The predicted octanol–water partition coefficient (Wildman–Crippen LogP) is 4.93. The molecule has 0 radical (unpaired) electrons. The van der Waals surface area contributed by atoms with Crippen molar-refractivity contribution in [2.45, 2.75) is 71.9 Å². The molecule has 0 aromatic heterocycles. The molecule has 0 spiro atoms. The third-order valence-electron chi connectivity index (χ3n) is 10.7. The Morgan fingerprint density at radius 1 is 1.07 bits per heavy atom. The van der Waals surface area contributed by atoms with Gasteiger partial charge in [-0.1, -0.05) is 44.2 Å². The Hall–Kier alpha value is -3.13. The quantitative estimate of drug-likeness (QED) is 0.244. The molecule has 2 saturated carbocycles. The number of benzene rings is 1. The molecule has 0 bridgehead atoms. The number of hydrogen-bond donors (Lipinski definition) is 0. The fourth-order valence-corrected chi connectivity index (χ4v) is 8.52. The van der Waals surface area contributed by atoms with E-state index in [0.29, 0.717) is 13.0 Å². The number of ether oxygens (including phenoxy) is 3. The Balaban J connectivity index is 1.42. The van der Waals surface area contributed by atoms with Crippen molar-refractivity contribution in [3.8, 4) is 0 Å². The standard InChI is InChI=1S/C34H46N2O6/c1-23-11-12-30-33(4,15-13-31(42-25(3)38)34(30,5)22-41-24(2)37)28(23)21-29(27-14-20-40-32(27)39)36-18-16-35(17-19-36)26-9-7-6-8-10-26/h6-10,14,28-31H,1,11-13,15-22H2,2-5H3/t28-,29?,30?,31-,33+,34+/m1/s1. The topological polar surface area (TPSA) is 85.4 Å². The summed E-state index contributed by atoms with van der Waals surface area (Å²) in [4.78, 5) is 41.9. The summed E-state index contributed by atoms with van der Waals surface area (Å²) in [6.45, 7) is 15.9. The number of carbonyl (C=O) groups excluding carboxylic acids is 3. The van der Waals surface area contributed by atoms with Crippen LogP contribution in [0.25, 0.3) is 0 Å². The van der Waals surface area contributed by atoms with Crippen LogP contribution in [0.2, 0.25) is 0 Å². The van der Waals surface area contributed by atoms with E-state index >= 15 is 0 Å². The summed E-state index contributed by atoms with van der Waals surface area (Å²) in [5.74, 6) is -0.554. The van der Waals surface area contributed by atoms with Crippen LogP contribution < -0.4 is 4.90 Å². The lowest BCUT2D eigenvalue weighted by Gasteiger charge is -2.61. The van der Waals surface area contributed by atoms with Crippen molar-refractivity contribution in [3.63, 3.8) is 0 Å². The van der Waals surface area contributed by atoms with Gasteiger partial charge in [-0.3, -0.25) is 14.5 Å². The average molecular weight is 579 g/mol. The lowest BCUT2D eigenvalue weighted by atomic mass is 9.45. The molecular formula is C34H46N2O6. The molecule has 2 aliphatic carbocycles. The fourth-order valence-electron chi connectivity index (χ4n) is 8.52. The van der Waals surface area contributed by atoms with E-state index in [1.807, 2.05) is 12.1 Å². The fraction of sp³-hybridized carbons (Fsp3) is 0.618. The Morgan fingerprint density at radius 2 is 1.79 bits per heavy atom. The van der Waals surface area contributed by atoms with Crippen LogP contribution in [0.5, 0.6) is 0 Å². The zero-order chi connectivity index (χ0) is 30.1. The second kappa shape index (κ2) is 12.2. The van der Waals surface area contributed by atoms with E-state index in [-0.39, 0.29) is 53.9 Å². The summed E-state index contributed by atoms with van der Waals surface area (Å²) in [5, 5.41) is 0. The summed E-state index contributed by atoms with van der Waals surface area (Å²) in [6, 6.07) is 10.4. The first kappa shape index (κ1) is 30.3. The summed E-state index contributed by atoms with van der Waals surface area (Å²) in [5.41, 5.74) is 2.52. The number of esters is 3. The number of cyclic esters (lactones) is 1. The first-order chi connectivity index (χ1) is 20.0. The monoisotopic (exact) mass is 578 g/mol. The van der Waals surface area contributed by atoms with Crippen LogP contribution in [0.3, 0.4) is 0 Å². The van der Waals surface area contributed by atoms with Gasteiger partial charge in [0.2, 0.25) is 0 Å². The number of rotatable bonds is 8. The van der Waals surface area contributed by atoms with Gasteiger partial charge >= 0.3 is 17.9 Å². The Bertz CT molecular complexity index is 1220. The number of allylic oxidation sites excluding steroid dienone is 1. The molecule has 2 aliphatic heterocycles. The first-order valence-corrected chi connectivity index (χ1v) is 15.4. The smallest absolute Gasteiger partial charge is 0.335 e. The van der Waals surface area contributed by atoms with Gasteiger partial charge in [0.05, 0.1) is 5.57 Å². The maximum atomic E-state index is 13.0. The number of hydrogen-bond acceptors (Lipinski definition) is 8. The van der Waals surface area contributed by atoms with Crippen molar-refractivity contribution < 1.29 is 28.6 Å². The number of piperazine rings is 1. The first-order valence-electron chi connectivity index (χ1n) is 15.4. The average Bonchev–Trinajstić information content (AvgIpc) is 3.39. The second-order valence-electron chi connectivity index (χ2n) is 13.1. The lowest BCUT2D eigenvalue weighted by molar-refractivity contribution is -0.192. The maximum Gasteiger partial charge on any atom is 0.335 e. The number of anilines is 1. The molecule has 2 heterocycles. The highest BCUT2D eigenvalue weighted by atomic mass is 16.6. The number of nitrogens with zero attached hydrogens (tertiary/aromatic N) is 2. The van der Waals surface area contributed by atoms with Gasteiger partial charge in [-0.25, -0.2) is 4.79 Å². The van der Waals surface area contributed by atoms with E-state index in [1.165, 1.54) is 25.1 Å². The molecule has 3 fully saturated rings. The van der Waals surface area contributed by atoms with Crippen molar-refractivity contribution in [2.75, 3.05) is 44.3 Å². The predicted molar refractivity (Wildman–Crippen MR) is 161 cm³/mol. The van der Waals surface area contributed by atoms with Crippen molar-refractivity contribution in [1.29, 1.82) is 0 Å². The Labute approximate surface area is 250 Å². The van der Waals surface area contributed by atoms with E-state index in [9.17, 15) is 14.4 Å². The van der Waals surface area contributed by atoms with Gasteiger partial charge in [0.25, 0.3) is 0 Å². The molecule has 42 heavy (non-hydrogen) atoms. The van der Waals surface area contributed by atoms with Crippen molar-refractivity contribution in [3.05, 3.63) is 54.1 Å². The van der Waals surface area contributed by atoms with Crippen LogP contribution in [0.4, 0.5) is 5.69 Å². The van der Waals surface area contributed by atoms with Crippen molar-refractivity contribution in [2.24, 2.45) is 22.7 Å². The summed E-state index contributed by atoms with van der Waals surface area (Å²) < 4.78 is 16.9. The van der Waals surface area contributed by atoms with E-state index in [4.69, 9.17) is 14.2 Å². The van der Waals surface area contributed by atoms with Gasteiger partial charge in [0, 0.05) is 57.2 Å². The van der Waals surface area contributed by atoms with Crippen molar-refractivity contribution in [1.82, 2.24) is 4.90 Å². The van der Waals surface area contributed by atoms with Crippen LogP contribution in [0.15, 0.2) is 54.1 Å². The highest BCUT2D eigenvalue weighted by Crippen LogP contribution is 2.63. The number of fused-ring (bicyclic) bond motifs is 1. The van der Waals surface area contributed by atoms with E-state index < -0.39 is 5.41 Å². The minimum absolute atomic E-state index is 0.0684. The zero-order valence-corrected chi connectivity index (χ0v) is 25.6. The van der Waals surface area contributed by atoms with Gasteiger partial charge in [-0.05, 0) is 67.6 Å². The van der Waals surface area contributed by atoms with Crippen LogP contribution >= 0.6 is 0 Å². The molecule has 6 atom stereocenters. The molecule has 8 nitrogen and oxygen atoms in total. The van der Waals surface area contributed by atoms with Gasteiger partial charge in [0.1, 0.15) is 19.3 Å². The van der Waals surface area contributed by atoms with Gasteiger partial charge in [-0.2, -0.15) is 0 Å².